The Balaban J connectivity index is 1.77. The third kappa shape index (κ3) is 4.73. The van der Waals surface area contributed by atoms with Crippen LogP contribution in [0.3, 0.4) is 0 Å². The van der Waals surface area contributed by atoms with Crippen LogP contribution in [0.1, 0.15) is 12.0 Å². The number of amides is 1. The fraction of sp³-hybridized carbons (Fsp3) is 0.500. The molecular weight excluding hydrogens is 335 g/mol. The molecule has 4 nitrogen and oxygen atoms in total. The van der Waals surface area contributed by atoms with E-state index in [4.69, 9.17) is 39.5 Å². The molecule has 0 spiro atoms. The van der Waals surface area contributed by atoms with Crippen molar-refractivity contribution >= 4 is 40.7 Å². The van der Waals surface area contributed by atoms with Gasteiger partial charge in [0.25, 0.3) is 0 Å². The Morgan fingerprint density at radius 3 is 2.57 bits per heavy atom. The third-order valence-corrected chi connectivity index (χ3v) is 4.52. The summed E-state index contributed by atoms with van der Waals surface area (Å²) in [5.74, 6) is 0.133. The molecule has 0 saturated carbocycles. The molecule has 21 heavy (non-hydrogen) atoms. The number of halogens is 3. The van der Waals surface area contributed by atoms with E-state index in [0.29, 0.717) is 60.9 Å². The van der Waals surface area contributed by atoms with Gasteiger partial charge in [-0.3, -0.25) is 4.79 Å². The van der Waals surface area contributed by atoms with Crippen molar-refractivity contribution in [2.45, 2.75) is 13.0 Å². The van der Waals surface area contributed by atoms with Gasteiger partial charge in [0.15, 0.2) is 0 Å². The molecule has 0 atom stereocenters. The zero-order valence-electron chi connectivity index (χ0n) is 11.5. The first-order valence-electron chi connectivity index (χ1n) is 6.78. The highest BCUT2D eigenvalue weighted by Gasteiger charge is 2.16. The van der Waals surface area contributed by atoms with Crippen molar-refractivity contribution in [1.82, 2.24) is 10.2 Å². The molecule has 0 aromatic heterocycles. The Morgan fingerprint density at radius 2 is 1.86 bits per heavy atom. The maximum atomic E-state index is 12.0. The van der Waals surface area contributed by atoms with Crippen molar-refractivity contribution < 1.29 is 9.53 Å². The molecule has 116 valence electrons. The number of nitrogens with zero attached hydrogens (tertiary/aromatic N) is 1. The average molecular weight is 352 g/mol. The molecule has 1 aliphatic rings. The summed E-state index contributed by atoms with van der Waals surface area (Å²) in [7, 11) is 0. The van der Waals surface area contributed by atoms with Crippen LogP contribution in [-0.4, -0.2) is 43.7 Å². The van der Waals surface area contributed by atoms with Crippen LogP contribution in [0.5, 0.6) is 0 Å². The number of benzene rings is 1. The second-order valence-electron chi connectivity index (χ2n) is 4.74. The lowest BCUT2D eigenvalue weighted by Crippen LogP contribution is -2.41. The van der Waals surface area contributed by atoms with Crippen LogP contribution in [0.4, 0.5) is 0 Å². The molecule has 1 aromatic carbocycles. The first-order valence-corrected chi connectivity index (χ1v) is 7.91. The number of carbonyl (C=O) groups excluding carboxylic acids is 1. The highest BCUT2D eigenvalue weighted by Crippen LogP contribution is 2.31. The van der Waals surface area contributed by atoms with E-state index in [9.17, 15) is 4.79 Å². The number of rotatable bonds is 5. The zero-order valence-corrected chi connectivity index (χ0v) is 13.8. The van der Waals surface area contributed by atoms with E-state index >= 15 is 0 Å². The van der Waals surface area contributed by atoms with Gasteiger partial charge in [-0.2, -0.15) is 0 Å². The van der Waals surface area contributed by atoms with Gasteiger partial charge in [0, 0.05) is 43.2 Å². The van der Waals surface area contributed by atoms with Gasteiger partial charge in [0.1, 0.15) is 0 Å². The summed E-state index contributed by atoms with van der Waals surface area (Å²) in [6, 6.07) is 3.38. The van der Waals surface area contributed by atoms with Gasteiger partial charge < -0.3 is 15.0 Å². The van der Waals surface area contributed by atoms with Gasteiger partial charge in [0.05, 0.1) is 23.3 Å². The summed E-state index contributed by atoms with van der Waals surface area (Å²) in [6.07, 6.45) is 0.440. The molecule has 0 unspecified atom stereocenters. The number of morpholine rings is 1. The lowest BCUT2D eigenvalue weighted by Gasteiger charge is -2.26. The number of nitrogens with one attached hydrogen (secondary N) is 1. The second kappa shape index (κ2) is 8.20. The fourth-order valence-electron chi connectivity index (χ4n) is 2.11. The standard InChI is InChI=1S/C14H17Cl3N2O2/c15-11-1-2-12(16)14(17)10(11)9-18-4-3-13(20)19-5-7-21-8-6-19/h1-2,18H,3-9H2. The predicted octanol–water partition coefficient (Wildman–Crippen LogP) is 2.99. The quantitative estimate of drug-likeness (QED) is 0.655. The van der Waals surface area contributed by atoms with Gasteiger partial charge >= 0.3 is 0 Å². The lowest BCUT2D eigenvalue weighted by molar-refractivity contribution is -0.135. The summed E-state index contributed by atoms with van der Waals surface area (Å²) in [5.41, 5.74) is 0.754. The molecule has 2 rings (SSSR count). The van der Waals surface area contributed by atoms with Crippen LogP contribution >= 0.6 is 34.8 Å². The first-order chi connectivity index (χ1) is 10.1. The Kier molecular flexibility index (Phi) is 6.58. The van der Waals surface area contributed by atoms with E-state index in [1.807, 2.05) is 4.90 Å². The largest absolute Gasteiger partial charge is 0.378 e. The number of hydrogen-bond donors (Lipinski definition) is 1. The topological polar surface area (TPSA) is 41.6 Å². The molecule has 1 amide bonds. The Hall–Kier alpha value is -0.520. The van der Waals surface area contributed by atoms with E-state index in [1.54, 1.807) is 12.1 Å². The van der Waals surface area contributed by atoms with Gasteiger partial charge in [-0.05, 0) is 12.1 Å². The normalized spacial score (nSPS) is 15.3. The smallest absolute Gasteiger partial charge is 0.224 e. The van der Waals surface area contributed by atoms with Crippen molar-refractivity contribution in [3.05, 3.63) is 32.8 Å². The van der Waals surface area contributed by atoms with E-state index in [-0.39, 0.29) is 5.91 Å². The highest BCUT2D eigenvalue weighted by atomic mass is 35.5. The Labute approximate surface area is 139 Å². The van der Waals surface area contributed by atoms with Gasteiger partial charge in [0.2, 0.25) is 5.91 Å². The maximum absolute atomic E-state index is 12.0. The molecule has 1 aromatic rings. The molecule has 0 aliphatic carbocycles. The van der Waals surface area contributed by atoms with E-state index in [2.05, 4.69) is 5.32 Å². The molecule has 1 N–H and O–H groups in total. The van der Waals surface area contributed by atoms with Crippen LogP contribution in [0.15, 0.2) is 12.1 Å². The highest BCUT2D eigenvalue weighted by molar-refractivity contribution is 6.44. The van der Waals surface area contributed by atoms with E-state index in [0.717, 1.165) is 5.56 Å². The molecular formula is C14H17Cl3N2O2. The number of hydrogen-bond acceptors (Lipinski definition) is 3. The summed E-state index contributed by atoms with van der Waals surface area (Å²) in [4.78, 5) is 13.8. The molecule has 0 bridgehead atoms. The number of ether oxygens (including phenoxy) is 1. The Bertz CT molecular complexity index is 505. The molecule has 1 heterocycles. The summed E-state index contributed by atoms with van der Waals surface area (Å²) in [6.45, 7) is 3.62. The summed E-state index contributed by atoms with van der Waals surface area (Å²) in [5, 5.41) is 4.67. The van der Waals surface area contributed by atoms with Crippen molar-refractivity contribution in [2.75, 3.05) is 32.8 Å². The molecule has 1 aliphatic heterocycles. The van der Waals surface area contributed by atoms with Crippen molar-refractivity contribution in [1.29, 1.82) is 0 Å². The van der Waals surface area contributed by atoms with Gasteiger partial charge in [-0.15, -0.1) is 0 Å². The third-order valence-electron chi connectivity index (χ3n) is 3.32. The SMILES string of the molecule is O=C(CCNCc1c(Cl)ccc(Cl)c1Cl)N1CCOCC1. The fourth-order valence-corrected chi connectivity index (χ4v) is 2.79. The molecule has 7 heteroatoms. The van der Waals surface area contributed by atoms with Crippen LogP contribution in [0.25, 0.3) is 0 Å². The maximum Gasteiger partial charge on any atom is 0.224 e. The summed E-state index contributed by atoms with van der Waals surface area (Å²) >= 11 is 18.2. The average Bonchev–Trinajstić information content (AvgIpc) is 2.51. The van der Waals surface area contributed by atoms with Crippen molar-refractivity contribution in [3.8, 4) is 0 Å². The van der Waals surface area contributed by atoms with E-state index < -0.39 is 0 Å². The first kappa shape index (κ1) is 16.8. The second-order valence-corrected chi connectivity index (χ2v) is 5.93. The molecule has 1 fully saturated rings. The minimum absolute atomic E-state index is 0.133. The Morgan fingerprint density at radius 1 is 1.19 bits per heavy atom. The molecule has 0 radical (unpaired) electrons. The van der Waals surface area contributed by atoms with Gasteiger partial charge in [-0.25, -0.2) is 0 Å². The van der Waals surface area contributed by atoms with Crippen LogP contribution < -0.4 is 5.32 Å². The van der Waals surface area contributed by atoms with Crippen LogP contribution in [0.2, 0.25) is 15.1 Å². The monoisotopic (exact) mass is 350 g/mol. The van der Waals surface area contributed by atoms with Crippen LogP contribution in [-0.2, 0) is 16.1 Å². The summed E-state index contributed by atoms with van der Waals surface area (Å²) < 4.78 is 5.22. The van der Waals surface area contributed by atoms with E-state index in [1.165, 1.54) is 0 Å². The van der Waals surface area contributed by atoms with Crippen molar-refractivity contribution in [3.63, 3.8) is 0 Å². The molecule has 1 saturated heterocycles. The zero-order chi connectivity index (χ0) is 15.2. The number of carbonyl (C=O) groups is 1. The predicted molar refractivity (Wildman–Crippen MR) is 85.2 cm³/mol. The van der Waals surface area contributed by atoms with Crippen LogP contribution in [0, 0.1) is 0 Å². The minimum Gasteiger partial charge on any atom is -0.378 e. The van der Waals surface area contributed by atoms with Crippen molar-refractivity contribution in [2.24, 2.45) is 0 Å². The minimum atomic E-state index is 0.133. The van der Waals surface area contributed by atoms with Gasteiger partial charge in [-0.1, -0.05) is 34.8 Å². The lowest BCUT2D eigenvalue weighted by atomic mass is 10.2.